The number of carbonyl (C=O) groups is 1. The molecule has 130 valence electrons. The molecular weight excluding hydrogens is 302 g/mol. The minimum atomic E-state index is 0.394. The van der Waals surface area contributed by atoms with Crippen LogP contribution in [0.2, 0.25) is 0 Å². The number of rotatable bonds is 6. The highest BCUT2D eigenvalue weighted by Crippen LogP contribution is 2.30. The van der Waals surface area contributed by atoms with E-state index in [0.717, 1.165) is 49.1 Å². The third kappa shape index (κ3) is 3.30. The number of likely N-dealkylation sites (N-methyl/N-ethyl adjacent to an activating group) is 1. The minimum absolute atomic E-state index is 0.394. The number of benzene rings is 1. The lowest BCUT2D eigenvalue weighted by atomic mass is 10.1. The predicted octanol–water partition coefficient (Wildman–Crippen LogP) is 1.79. The van der Waals surface area contributed by atoms with Crippen molar-refractivity contribution in [3.05, 3.63) is 23.9 Å². The summed E-state index contributed by atoms with van der Waals surface area (Å²) in [5.41, 5.74) is 3.00. The highest BCUT2D eigenvalue weighted by Gasteiger charge is 2.21. The van der Waals surface area contributed by atoms with Crippen molar-refractivity contribution >= 4 is 23.0 Å². The van der Waals surface area contributed by atoms with Gasteiger partial charge < -0.3 is 15.1 Å². The summed E-state index contributed by atoms with van der Waals surface area (Å²) in [6, 6.07) is 6.50. The summed E-state index contributed by atoms with van der Waals surface area (Å²) in [7, 11) is 4.02. The van der Waals surface area contributed by atoms with Gasteiger partial charge in [-0.1, -0.05) is 12.1 Å². The molecule has 6 nitrogen and oxygen atoms in total. The number of anilines is 1. The Bertz CT molecular complexity index is 703. The quantitative estimate of drug-likeness (QED) is 0.821. The number of aromatic nitrogens is 2. The van der Waals surface area contributed by atoms with Crippen LogP contribution in [0.4, 0.5) is 5.69 Å². The smallest absolute Gasteiger partial charge is 0.214 e. The molecule has 1 unspecified atom stereocenters. The molecule has 0 radical (unpaired) electrons. The van der Waals surface area contributed by atoms with Crippen molar-refractivity contribution in [3.63, 3.8) is 0 Å². The highest BCUT2D eigenvalue weighted by molar-refractivity contribution is 5.97. The Morgan fingerprint density at radius 3 is 2.88 bits per heavy atom. The number of fused-ring (bicyclic) bond motifs is 1. The van der Waals surface area contributed by atoms with Crippen molar-refractivity contribution in [1.29, 1.82) is 0 Å². The third-order valence-corrected chi connectivity index (χ3v) is 4.80. The number of amides is 1. The van der Waals surface area contributed by atoms with E-state index in [-0.39, 0.29) is 0 Å². The van der Waals surface area contributed by atoms with Crippen LogP contribution in [0.3, 0.4) is 0 Å². The number of nitrogens with one attached hydrogen (secondary N) is 1. The largest absolute Gasteiger partial charge is 0.315 e. The van der Waals surface area contributed by atoms with E-state index < -0.39 is 0 Å². The van der Waals surface area contributed by atoms with Gasteiger partial charge in [0.05, 0.1) is 11.7 Å². The molecule has 2 heterocycles. The van der Waals surface area contributed by atoms with Crippen molar-refractivity contribution in [1.82, 2.24) is 20.0 Å². The molecule has 1 aromatic heterocycles. The Kier molecular flexibility index (Phi) is 5.16. The van der Waals surface area contributed by atoms with Gasteiger partial charge >= 0.3 is 0 Å². The topological polar surface area (TPSA) is 53.4 Å². The summed E-state index contributed by atoms with van der Waals surface area (Å²) in [5, 5.41) is 9.48. The molecule has 6 heteroatoms. The molecule has 1 fully saturated rings. The number of nitrogens with zero attached hydrogens (tertiary/aromatic N) is 4. The summed E-state index contributed by atoms with van der Waals surface area (Å²) in [6.07, 6.45) is 3.24. The highest BCUT2D eigenvalue weighted by atomic mass is 16.1. The zero-order valence-electron chi connectivity index (χ0n) is 14.8. The van der Waals surface area contributed by atoms with Crippen LogP contribution >= 0.6 is 0 Å². The molecule has 0 spiro atoms. The van der Waals surface area contributed by atoms with E-state index in [1.165, 1.54) is 12.1 Å². The van der Waals surface area contributed by atoms with Crippen LogP contribution in [0.15, 0.2) is 18.2 Å². The fourth-order valence-corrected chi connectivity index (χ4v) is 3.40. The van der Waals surface area contributed by atoms with E-state index in [4.69, 9.17) is 5.10 Å². The van der Waals surface area contributed by atoms with Gasteiger partial charge in [-0.25, -0.2) is 0 Å². The fourth-order valence-electron chi connectivity index (χ4n) is 3.40. The SMILES string of the molecule is Cc1c2cccc(N(C=O)CCN(C)C)c2nn1C1CCCNC1. The summed E-state index contributed by atoms with van der Waals surface area (Å²) in [4.78, 5) is 15.5. The average molecular weight is 329 g/mol. The molecular formula is C18H27N5O. The maximum absolute atomic E-state index is 11.6. The molecule has 1 saturated heterocycles. The second kappa shape index (κ2) is 7.32. The number of aryl methyl sites for hydroxylation is 1. The van der Waals surface area contributed by atoms with Gasteiger partial charge in [-0.3, -0.25) is 9.48 Å². The van der Waals surface area contributed by atoms with Crippen molar-refractivity contribution in [2.75, 3.05) is 45.2 Å². The van der Waals surface area contributed by atoms with E-state index in [1.54, 1.807) is 4.90 Å². The second-order valence-electron chi connectivity index (χ2n) is 6.81. The van der Waals surface area contributed by atoms with Crippen LogP contribution in [0.25, 0.3) is 10.9 Å². The summed E-state index contributed by atoms with van der Waals surface area (Å²) in [5.74, 6) is 0. The van der Waals surface area contributed by atoms with E-state index >= 15 is 0 Å². The molecule has 24 heavy (non-hydrogen) atoms. The second-order valence-corrected chi connectivity index (χ2v) is 6.81. The first kappa shape index (κ1) is 16.9. The zero-order valence-corrected chi connectivity index (χ0v) is 14.8. The molecule has 1 aromatic carbocycles. The van der Waals surface area contributed by atoms with Crippen molar-refractivity contribution in [2.45, 2.75) is 25.8 Å². The lowest BCUT2D eigenvalue weighted by molar-refractivity contribution is -0.107. The molecule has 1 atom stereocenters. The van der Waals surface area contributed by atoms with E-state index in [0.29, 0.717) is 12.6 Å². The average Bonchev–Trinajstić information content (AvgIpc) is 2.94. The van der Waals surface area contributed by atoms with E-state index in [9.17, 15) is 4.79 Å². The van der Waals surface area contributed by atoms with Crippen molar-refractivity contribution in [2.24, 2.45) is 0 Å². The van der Waals surface area contributed by atoms with Crippen LogP contribution in [0.1, 0.15) is 24.6 Å². The van der Waals surface area contributed by atoms with Gasteiger partial charge in [0, 0.05) is 30.7 Å². The maximum atomic E-state index is 11.6. The third-order valence-electron chi connectivity index (χ3n) is 4.80. The molecule has 2 aromatic rings. The number of piperidine rings is 1. The van der Waals surface area contributed by atoms with Gasteiger partial charge in [0.25, 0.3) is 0 Å². The number of hydrogen-bond acceptors (Lipinski definition) is 4. The van der Waals surface area contributed by atoms with Crippen LogP contribution in [0.5, 0.6) is 0 Å². The molecule has 1 amide bonds. The lowest BCUT2D eigenvalue weighted by Gasteiger charge is -2.24. The van der Waals surface area contributed by atoms with Gasteiger partial charge in [-0.15, -0.1) is 0 Å². The van der Waals surface area contributed by atoms with Crippen molar-refractivity contribution in [3.8, 4) is 0 Å². The molecule has 1 aliphatic heterocycles. The summed E-state index contributed by atoms with van der Waals surface area (Å²) < 4.78 is 2.15. The van der Waals surface area contributed by atoms with E-state index in [2.05, 4.69) is 27.9 Å². The Morgan fingerprint density at radius 1 is 1.38 bits per heavy atom. The first-order valence-corrected chi connectivity index (χ1v) is 8.67. The first-order chi connectivity index (χ1) is 11.6. The molecule has 0 saturated carbocycles. The molecule has 0 aliphatic carbocycles. The Hall–Kier alpha value is -1.92. The number of carbonyl (C=O) groups excluding carboxylic acids is 1. The van der Waals surface area contributed by atoms with E-state index in [1.807, 2.05) is 26.2 Å². The number of hydrogen-bond donors (Lipinski definition) is 1. The first-order valence-electron chi connectivity index (χ1n) is 8.67. The molecule has 1 N–H and O–H groups in total. The van der Waals surface area contributed by atoms with Gasteiger partial charge in [0.2, 0.25) is 6.41 Å². The van der Waals surface area contributed by atoms with Crippen LogP contribution in [-0.2, 0) is 4.79 Å². The summed E-state index contributed by atoms with van der Waals surface area (Å²) >= 11 is 0. The predicted molar refractivity (Wildman–Crippen MR) is 97.6 cm³/mol. The van der Waals surface area contributed by atoms with Crippen LogP contribution in [-0.4, -0.2) is 61.4 Å². The Morgan fingerprint density at radius 2 is 2.21 bits per heavy atom. The van der Waals surface area contributed by atoms with Gasteiger partial charge in [-0.05, 0) is 46.5 Å². The van der Waals surface area contributed by atoms with Crippen LogP contribution < -0.4 is 10.2 Å². The molecule has 3 rings (SSSR count). The molecule has 0 bridgehead atoms. The van der Waals surface area contributed by atoms with Crippen molar-refractivity contribution < 1.29 is 4.79 Å². The lowest BCUT2D eigenvalue weighted by Crippen LogP contribution is -2.32. The molecule has 1 aliphatic rings. The van der Waals surface area contributed by atoms with Gasteiger partial charge in [0.1, 0.15) is 5.52 Å². The standard InChI is InChI=1S/C18H27N5O/c1-14-16-7-4-8-17(22(13-24)11-10-21(2)3)18(16)20-23(14)15-6-5-9-19-12-15/h4,7-8,13,15,19H,5-6,9-12H2,1-3H3. The zero-order chi connectivity index (χ0) is 17.1. The Labute approximate surface area is 143 Å². The van der Waals surface area contributed by atoms with Gasteiger partial charge in [-0.2, -0.15) is 5.10 Å². The fraction of sp³-hybridized carbons (Fsp3) is 0.556. The monoisotopic (exact) mass is 329 g/mol. The van der Waals surface area contributed by atoms with Crippen LogP contribution in [0, 0.1) is 6.92 Å². The normalized spacial score (nSPS) is 18.2. The Balaban J connectivity index is 1.98. The minimum Gasteiger partial charge on any atom is -0.315 e. The van der Waals surface area contributed by atoms with Gasteiger partial charge in [0.15, 0.2) is 0 Å². The maximum Gasteiger partial charge on any atom is 0.214 e. The summed E-state index contributed by atoms with van der Waals surface area (Å²) in [6.45, 7) is 5.65.